The second kappa shape index (κ2) is 26.5. The Hall–Kier alpha value is -3.35. The van der Waals surface area contributed by atoms with Gasteiger partial charge in [-0.1, -0.05) is 18.2 Å². The van der Waals surface area contributed by atoms with Crippen LogP contribution in [-0.2, 0) is 53.6 Å². The van der Waals surface area contributed by atoms with Crippen LogP contribution in [-0.4, -0.2) is 129 Å². The third kappa shape index (κ3) is 21.4. The van der Waals surface area contributed by atoms with Crippen LogP contribution in [0.4, 0.5) is 24.5 Å². The second-order valence-electron chi connectivity index (χ2n) is 9.93. The zero-order chi connectivity index (χ0) is 35.4. The van der Waals surface area contributed by atoms with Gasteiger partial charge in [0, 0.05) is 5.69 Å². The Morgan fingerprint density at radius 2 is 1.00 bits per heavy atom. The normalized spacial score (nSPS) is 11.5. The van der Waals surface area contributed by atoms with Gasteiger partial charge in [-0.2, -0.15) is 13.2 Å². The van der Waals surface area contributed by atoms with E-state index in [4.69, 9.17) is 47.7 Å². The maximum absolute atomic E-state index is 13.0. The lowest BCUT2D eigenvalue weighted by molar-refractivity contribution is -0.139. The smallest absolute Gasteiger partial charge is 0.416 e. The molecule has 16 heteroatoms. The number of aliphatic carboxylic acids is 1. The van der Waals surface area contributed by atoms with Gasteiger partial charge < -0.3 is 53.1 Å². The zero-order valence-electron chi connectivity index (χ0n) is 27.4. The van der Waals surface area contributed by atoms with Crippen LogP contribution in [0, 0.1) is 0 Å². The maximum atomic E-state index is 13.0. The molecule has 13 nitrogen and oxygen atoms in total. The number of ether oxygens (including phenoxy) is 9. The van der Waals surface area contributed by atoms with E-state index in [1.165, 1.54) is 18.2 Å². The van der Waals surface area contributed by atoms with Gasteiger partial charge >= 0.3 is 18.1 Å². The number of halogens is 3. The van der Waals surface area contributed by atoms with Gasteiger partial charge in [0.15, 0.2) is 0 Å². The molecule has 0 aliphatic carbocycles. The minimum absolute atomic E-state index is 0.00844. The highest BCUT2D eigenvalue weighted by Crippen LogP contribution is 2.32. The molecular formula is C33H46F3NO12. The van der Waals surface area contributed by atoms with Crippen molar-refractivity contribution >= 4 is 23.3 Å². The van der Waals surface area contributed by atoms with Gasteiger partial charge in [0.2, 0.25) is 0 Å². The van der Waals surface area contributed by atoms with Crippen molar-refractivity contribution < 1.29 is 70.5 Å². The van der Waals surface area contributed by atoms with E-state index < -0.39 is 23.7 Å². The molecule has 2 rings (SSSR count). The lowest BCUT2D eigenvalue weighted by atomic mass is 10.1. The molecule has 0 bridgehead atoms. The predicted octanol–water partition coefficient (Wildman–Crippen LogP) is 4.21. The molecule has 0 fully saturated rings. The largest absolute Gasteiger partial charge is 0.481 e. The van der Waals surface area contributed by atoms with E-state index in [-0.39, 0.29) is 37.5 Å². The number of hydrogen-bond acceptors (Lipinski definition) is 12. The first-order valence-corrected chi connectivity index (χ1v) is 15.8. The zero-order valence-corrected chi connectivity index (χ0v) is 27.4. The van der Waals surface area contributed by atoms with Gasteiger partial charge in [-0.3, -0.25) is 4.79 Å². The summed E-state index contributed by atoms with van der Waals surface area (Å²) in [6.07, 6.45) is -4.50. The summed E-state index contributed by atoms with van der Waals surface area (Å²) in [5.41, 5.74) is -0.112. The summed E-state index contributed by atoms with van der Waals surface area (Å²) in [6, 6.07) is 11.1. The lowest BCUT2D eigenvalue weighted by Crippen LogP contribution is -2.16. The van der Waals surface area contributed by atoms with Crippen LogP contribution in [0.1, 0.15) is 22.3 Å². The monoisotopic (exact) mass is 705 g/mol. The van der Waals surface area contributed by atoms with Crippen LogP contribution >= 0.6 is 0 Å². The lowest BCUT2D eigenvalue weighted by Gasteiger charge is -2.13. The standard InChI is InChI=1S/C33H46F3NO12/c34-33(35,36)27-4-3-5-28(26-27)37-30-7-2-1-6-29(30)32(40)49-25-24-48-23-22-47-21-20-46-19-18-45-17-16-44-15-14-43-13-12-42-11-10-41-9-8-31(38)39/h1-7,26,37H,8-25H2,(H,38,39). The molecule has 2 aromatic carbocycles. The molecule has 0 radical (unpaired) electrons. The molecule has 2 N–H and O–H groups in total. The van der Waals surface area contributed by atoms with E-state index in [1.54, 1.807) is 18.2 Å². The Balaban J connectivity index is 1.35. The summed E-state index contributed by atoms with van der Waals surface area (Å²) in [6.45, 7) is 5.84. The molecule has 0 aromatic heterocycles. The van der Waals surface area contributed by atoms with Gasteiger partial charge in [-0.25, -0.2) is 4.79 Å². The minimum atomic E-state index is -4.48. The molecule has 0 heterocycles. The van der Waals surface area contributed by atoms with Crippen molar-refractivity contribution in [3.63, 3.8) is 0 Å². The van der Waals surface area contributed by atoms with Crippen LogP contribution in [0.5, 0.6) is 0 Å². The number of rotatable bonds is 30. The van der Waals surface area contributed by atoms with E-state index in [0.29, 0.717) is 98.2 Å². The van der Waals surface area contributed by atoms with E-state index in [0.717, 1.165) is 12.1 Å². The SMILES string of the molecule is O=C(O)CCOCCOCCOCCOCCOCCOCCOCCOCCOC(=O)c1ccccc1Nc1cccc(C(F)(F)F)c1. The summed E-state index contributed by atoms with van der Waals surface area (Å²) < 4.78 is 87.2. The topological polar surface area (TPSA) is 149 Å². The number of esters is 1. The van der Waals surface area contributed by atoms with Crippen LogP contribution in [0.3, 0.4) is 0 Å². The van der Waals surface area contributed by atoms with Crippen molar-refractivity contribution in [1.82, 2.24) is 0 Å². The third-order valence-corrected chi connectivity index (χ3v) is 6.14. The molecular weight excluding hydrogens is 659 g/mol. The van der Waals surface area contributed by atoms with Gasteiger partial charge in [0.25, 0.3) is 0 Å². The third-order valence-electron chi connectivity index (χ3n) is 6.14. The van der Waals surface area contributed by atoms with Crippen molar-refractivity contribution in [3.05, 3.63) is 59.7 Å². The molecule has 0 saturated heterocycles. The molecule has 49 heavy (non-hydrogen) atoms. The highest BCUT2D eigenvalue weighted by atomic mass is 19.4. The molecule has 0 aliphatic heterocycles. The van der Waals surface area contributed by atoms with Crippen molar-refractivity contribution in [2.24, 2.45) is 0 Å². The summed E-state index contributed by atoms with van der Waals surface area (Å²) in [5.74, 6) is -1.53. The Bertz CT molecular complexity index is 1170. The van der Waals surface area contributed by atoms with Crippen LogP contribution < -0.4 is 5.32 Å². The summed E-state index contributed by atoms with van der Waals surface area (Å²) in [7, 11) is 0. The van der Waals surface area contributed by atoms with Crippen LogP contribution in [0.25, 0.3) is 0 Å². The van der Waals surface area contributed by atoms with Gasteiger partial charge in [0.1, 0.15) is 6.61 Å². The number of carboxylic acids is 1. The number of nitrogens with one attached hydrogen (secondary N) is 1. The van der Waals surface area contributed by atoms with Crippen molar-refractivity contribution in [2.75, 3.05) is 118 Å². The van der Waals surface area contributed by atoms with Crippen molar-refractivity contribution in [2.45, 2.75) is 12.6 Å². The van der Waals surface area contributed by atoms with E-state index in [1.807, 2.05) is 0 Å². The Labute approximate surface area is 283 Å². The number of carbonyl (C=O) groups excluding carboxylic acids is 1. The average molecular weight is 706 g/mol. The second-order valence-corrected chi connectivity index (χ2v) is 9.93. The fourth-order valence-electron chi connectivity index (χ4n) is 3.77. The molecule has 0 saturated carbocycles. The molecule has 0 spiro atoms. The van der Waals surface area contributed by atoms with Crippen molar-refractivity contribution in [1.29, 1.82) is 0 Å². The summed E-state index contributed by atoms with van der Waals surface area (Å²) in [4.78, 5) is 22.9. The first-order chi connectivity index (χ1) is 23.8. The van der Waals surface area contributed by atoms with E-state index in [2.05, 4.69) is 5.32 Å². The maximum Gasteiger partial charge on any atom is 0.416 e. The number of para-hydroxylation sites is 1. The number of benzene rings is 2. The summed E-state index contributed by atoms with van der Waals surface area (Å²) in [5, 5.41) is 11.3. The average Bonchev–Trinajstić information content (AvgIpc) is 3.07. The minimum Gasteiger partial charge on any atom is -0.481 e. The Kier molecular flexibility index (Phi) is 22.6. The Morgan fingerprint density at radius 3 is 1.45 bits per heavy atom. The number of alkyl halides is 3. The van der Waals surface area contributed by atoms with Gasteiger partial charge in [0.05, 0.1) is 129 Å². The molecule has 0 aliphatic rings. The van der Waals surface area contributed by atoms with Crippen LogP contribution in [0.15, 0.2) is 48.5 Å². The van der Waals surface area contributed by atoms with E-state index >= 15 is 0 Å². The Morgan fingerprint density at radius 1 is 0.571 bits per heavy atom. The molecule has 0 unspecified atom stereocenters. The fourth-order valence-corrected chi connectivity index (χ4v) is 3.77. The summed E-state index contributed by atoms with van der Waals surface area (Å²) >= 11 is 0. The van der Waals surface area contributed by atoms with Crippen LogP contribution in [0.2, 0.25) is 0 Å². The molecule has 276 valence electrons. The number of carboxylic acid groups (broad SMARTS) is 1. The highest BCUT2D eigenvalue weighted by molar-refractivity contribution is 5.96. The number of carbonyl (C=O) groups is 2. The molecule has 0 atom stereocenters. The molecule has 2 aromatic rings. The number of hydrogen-bond donors (Lipinski definition) is 2. The van der Waals surface area contributed by atoms with Gasteiger partial charge in [-0.05, 0) is 30.3 Å². The number of anilines is 2. The predicted molar refractivity (Wildman–Crippen MR) is 170 cm³/mol. The fraction of sp³-hybridized carbons (Fsp3) is 0.576. The first kappa shape index (κ1) is 41.8. The van der Waals surface area contributed by atoms with Crippen molar-refractivity contribution in [3.8, 4) is 0 Å². The molecule has 0 amide bonds. The first-order valence-electron chi connectivity index (χ1n) is 15.8. The van der Waals surface area contributed by atoms with E-state index in [9.17, 15) is 22.8 Å². The quantitative estimate of drug-likeness (QED) is 0.0884. The van der Waals surface area contributed by atoms with Gasteiger partial charge in [-0.15, -0.1) is 0 Å². The highest BCUT2D eigenvalue weighted by Gasteiger charge is 2.30.